The molecule has 148 valence electrons. The summed E-state index contributed by atoms with van der Waals surface area (Å²) in [4.78, 5) is 27.0. The fraction of sp³-hybridized carbons (Fsp3) is 0.333. The zero-order valence-corrected chi connectivity index (χ0v) is 16.8. The third-order valence-corrected chi connectivity index (χ3v) is 4.95. The quantitative estimate of drug-likeness (QED) is 0.804. The number of hydrogen-bond donors (Lipinski definition) is 2. The Hall–Kier alpha value is -2.57. The van der Waals surface area contributed by atoms with E-state index in [2.05, 4.69) is 15.5 Å². The van der Waals surface area contributed by atoms with E-state index in [1.54, 1.807) is 18.2 Å². The molecule has 2 amide bonds. The van der Waals surface area contributed by atoms with Gasteiger partial charge in [0, 0.05) is 36.6 Å². The lowest BCUT2D eigenvalue weighted by molar-refractivity contribution is 0.0954. The van der Waals surface area contributed by atoms with Gasteiger partial charge < -0.3 is 20.3 Å². The van der Waals surface area contributed by atoms with Gasteiger partial charge in [0.15, 0.2) is 0 Å². The van der Waals surface area contributed by atoms with Gasteiger partial charge in [-0.3, -0.25) is 9.59 Å². The normalized spacial score (nSPS) is 13.9. The van der Waals surface area contributed by atoms with Gasteiger partial charge in [-0.05, 0) is 55.8 Å². The molecule has 6 nitrogen and oxygen atoms in total. The average Bonchev–Trinajstić information content (AvgIpc) is 2.70. The summed E-state index contributed by atoms with van der Waals surface area (Å²) < 4.78 is 5.40. The van der Waals surface area contributed by atoms with Crippen LogP contribution >= 0.6 is 11.6 Å². The van der Waals surface area contributed by atoms with Gasteiger partial charge in [-0.25, -0.2) is 0 Å². The Morgan fingerprint density at radius 1 is 1.11 bits per heavy atom. The van der Waals surface area contributed by atoms with Crippen LogP contribution in [0.25, 0.3) is 0 Å². The molecular formula is C21H24ClN3O3. The van der Waals surface area contributed by atoms with E-state index in [0.717, 1.165) is 24.3 Å². The van der Waals surface area contributed by atoms with Crippen LogP contribution in [0.2, 0.25) is 5.02 Å². The number of hydrogen-bond acceptors (Lipinski definition) is 4. The van der Waals surface area contributed by atoms with Gasteiger partial charge >= 0.3 is 0 Å². The summed E-state index contributed by atoms with van der Waals surface area (Å²) in [5.74, 6) is -0.505. The molecule has 28 heavy (non-hydrogen) atoms. The minimum atomic E-state index is -0.269. The lowest BCUT2D eigenvalue weighted by atomic mass is 10.1. The molecule has 7 heteroatoms. The van der Waals surface area contributed by atoms with Crippen LogP contribution in [0.4, 0.5) is 11.4 Å². The van der Waals surface area contributed by atoms with Crippen LogP contribution < -0.4 is 15.5 Å². The highest BCUT2D eigenvalue weighted by Crippen LogP contribution is 2.24. The number of carbonyl (C=O) groups is 2. The summed E-state index contributed by atoms with van der Waals surface area (Å²) in [6.45, 7) is 7.45. The van der Waals surface area contributed by atoms with E-state index in [0.29, 0.717) is 41.6 Å². The molecule has 0 spiro atoms. The van der Waals surface area contributed by atoms with Crippen molar-refractivity contribution in [2.24, 2.45) is 0 Å². The number of nitrogens with zero attached hydrogens (tertiary/aromatic N) is 1. The smallest absolute Gasteiger partial charge is 0.255 e. The van der Waals surface area contributed by atoms with Gasteiger partial charge in [-0.15, -0.1) is 0 Å². The topological polar surface area (TPSA) is 70.7 Å². The van der Waals surface area contributed by atoms with Crippen LogP contribution in [0.5, 0.6) is 0 Å². The second kappa shape index (κ2) is 9.08. The molecule has 1 aliphatic heterocycles. The maximum Gasteiger partial charge on any atom is 0.255 e. The van der Waals surface area contributed by atoms with Crippen molar-refractivity contribution in [2.45, 2.75) is 13.8 Å². The fourth-order valence-corrected chi connectivity index (χ4v) is 3.40. The zero-order valence-electron chi connectivity index (χ0n) is 16.0. The van der Waals surface area contributed by atoms with Gasteiger partial charge in [-0.1, -0.05) is 11.6 Å². The van der Waals surface area contributed by atoms with Gasteiger partial charge in [-0.2, -0.15) is 0 Å². The molecule has 1 heterocycles. The first-order chi connectivity index (χ1) is 13.5. The molecule has 1 saturated heterocycles. The molecule has 0 unspecified atom stereocenters. The Labute approximate surface area is 169 Å². The lowest BCUT2D eigenvalue weighted by Crippen LogP contribution is -2.36. The summed E-state index contributed by atoms with van der Waals surface area (Å²) in [6.07, 6.45) is 0. The number of morpholine rings is 1. The molecule has 0 saturated carbocycles. The summed E-state index contributed by atoms with van der Waals surface area (Å²) >= 11 is 6.11. The Bertz CT molecular complexity index is 879. The summed E-state index contributed by atoms with van der Waals surface area (Å²) in [5, 5.41) is 5.89. The van der Waals surface area contributed by atoms with E-state index in [9.17, 15) is 9.59 Å². The van der Waals surface area contributed by atoms with Crippen molar-refractivity contribution in [3.05, 3.63) is 58.1 Å². The van der Waals surface area contributed by atoms with Crippen molar-refractivity contribution in [2.75, 3.05) is 43.1 Å². The monoisotopic (exact) mass is 401 g/mol. The van der Waals surface area contributed by atoms with E-state index in [1.165, 1.54) is 0 Å². The van der Waals surface area contributed by atoms with E-state index in [4.69, 9.17) is 16.3 Å². The molecule has 3 rings (SSSR count). The predicted molar refractivity (Wildman–Crippen MR) is 112 cm³/mol. The van der Waals surface area contributed by atoms with Gasteiger partial charge in [0.1, 0.15) is 0 Å². The molecular weight excluding hydrogens is 378 g/mol. The highest BCUT2D eigenvalue weighted by molar-refractivity contribution is 6.34. The Balaban J connectivity index is 1.75. The Morgan fingerprint density at radius 2 is 1.86 bits per heavy atom. The van der Waals surface area contributed by atoms with Crippen molar-refractivity contribution in [3.63, 3.8) is 0 Å². The van der Waals surface area contributed by atoms with Crippen LogP contribution in [0.3, 0.4) is 0 Å². The molecule has 2 aromatic rings. The molecule has 2 N–H and O–H groups in total. The molecule has 0 atom stereocenters. The highest BCUT2D eigenvalue weighted by Gasteiger charge is 2.16. The number of halogens is 1. The van der Waals surface area contributed by atoms with Crippen molar-refractivity contribution in [1.82, 2.24) is 5.32 Å². The maximum atomic E-state index is 12.7. The third-order valence-electron chi connectivity index (χ3n) is 4.62. The van der Waals surface area contributed by atoms with Crippen molar-refractivity contribution < 1.29 is 14.3 Å². The second-order valence-electron chi connectivity index (χ2n) is 6.61. The van der Waals surface area contributed by atoms with E-state index in [1.807, 2.05) is 32.0 Å². The fourth-order valence-electron chi connectivity index (χ4n) is 3.19. The van der Waals surface area contributed by atoms with Gasteiger partial charge in [0.2, 0.25) is 0 Å². The van der Waals surface area contributed by atoms with Crippen LogP contribution in [0, 0.1) is 6.92 Å². The summed E-state index contributed by atoms with van der Waals surface area (Å²) in [6, 6.07) is 10.5. The molecule has 0 aliphatic carbocycles. The largest absolute Gasteiger partial charge is 0.378 e. The first-order valence-electron chi connectivity index (χ1n) is 9.32. The summed E-state index contributed by atoms with van der Waals surface area (Å²) in [7, 11) is 0. The van der Waals surface area contributed by atoms with Crippen LogP contribution in [-0.4, -0.2) is 44.7 Å². The van der Waals surface area contributed by atoms with E-state index in [-0.39, 0.29) is 11.8 Å². The number of nitrogens with one attached hydrogen (secondary N) is 2. The zero-order chi connectivity index (χ0) is 20.1. The van der Waals surface area contributed by atoms with E-state index >= 15 is 0 Å². The molecule has 0 aromatic heterocycles. The summed E-state index contributed by atoms with van der Waals surface area (Å²) in [5.41, 5.74) is 3.56. The second-order valence-corrected chi connectivity index (χ2v) is 7.02. The maximum absolute atomic E-state index is 12.7. The average molecular weight is 402 g/mol. The first kappa shape index (κ1) is 20.2. The van der Waals surface area contributed by atoms with Crippen LogP contribution in [-0.2, 0) is 4.74 Å². The Kier molecular flexibility index (Phi) is 6.54. The van der Waals surface area contributed by atoms with Crippen LogP contribution in [0.15, 0.2) is 36.4 Å². The predicted octanol–water partition coefficient (Wildman–Crippen LogP) is 3.49. The standard InChI is InChI=1S/C21H24ClN3O3/c1-3-23-21(27)17-13-16(5-6-18(17)22)24-20(26)15-4-7-19(14(2)12-15)25-8-10-28-11-9-25/h4-7,12-13H,3,8-11H2,1-2H3,(H,23,27)(H,24,26). The number of aryl methyl sites for hydroxylation is 1. The SMILES string of the molecule is CCNC(=O)c1cc(NC(=O)c2ccc(N3CCOCC3)c(C)c2)ccc1Cl. The van der Waals surface area contributed by atoms with Crippen molar-refractivity contribution in [3.8, 4) is 0 Å². The molecule has 1 fully saturated rings. The van der Waals surface area contributed by atoms with Crippen LogP contribution in [0.1, 0.15) is 33.2 Å². The molecule has 2 aromatic carbocycles. The number of carbonyl (C=O) groups excluding carboxylic acids is 2. The number of ether oxygens (including phenoxy) is 1. The van der Waals surface area contributed by atoms with Crippen molar-refractivity contribution in [1.29, 1.82) is 0 Å². The number of amides is 2. The highest BCUT2D eigenvalue weighted by atomic mass is 35.5. The van der Waals surface area contributed by atoms with Gasteiger partial charge in [0.25, 0.3) is 11.8 Å². The third kappa shape index (κ3) is 4.64. The minimum Gasteiger partial charge on any atom is -0.378 e. The first-order valence-corrected chi connectivity index (χ1v) is 9.70. The molecule has 1 aliphatic rings. The lowest BCUT2D eigenvalue weighted by Gasteiger charge is -2.30. The van der Waals surface area contributed by atoms with Crippen molar-refractivity contribution >= 4 is 34.8 Å². The molecule has 0 bridgehead atoms. The molecule has 0 radical (unpaired) electrons. The number of benzene rings is 2. The van der Waals surface area contributed by atoms with Gasteiger partial charge in [0.05, 0.1) is 23.8 Å². The number of anilines is 2. The minimum absolute atomic E-state index is 0.235. The van der Waals surface area contributed by atoms with E-state index < -0.39 is 0 Å². The number of rotatable bonds is 5. The Morgan fingerprint density at radius 3 is 2.54 bits per heavy atom.